The molecule has 2 aromatic rings. The third-order valence-corrected chi connectivity index (χ3v) is 2.78. The molecule has 2 nitrogen and oxygen atoms in total. The van der Waals surface area contributed by atoms with Gasteiger partial charge in [0.2, 0.25) is 0 Å². The van der Waals surface area contributed by atoms with Crippen molar-refractivity contribution >= 4 is 22.5 Å². The van der Waals surface area contributed by atoms with Crippen molar-refractivity contribution in [2.24, 2.45) is 7.05 Å². The van der Waals surface area contributed by atoms with E-state index < -0.39 is 0 Å². The van der Waals surface area contributed by atoms with Crippen LogP contribution in [0.4, 0.5) is 0 Å². The van der Waals surface area contributed by atoms with Gasteiger partial charge >= 0.3 is 0 Å². The summed E-state index contributed by atoms with van der Waals surface area (Å²) in [7, 11) is 1.96. The molecule has 2 rings (SSSR count). The number of rotatable bonds is 1. The number of benzene rings is 1. The maximum absolute atomic E-state index is 6.13. The van der Waals surface area contributed by atoms with Gasteiger partial charge in [-0.2, -0.15) is 5.10 Å². The minimum Gasteiger partial charge on any atom is -0.271 e. The molecule has 14 heavy (non-hydrogen) atoms. The van der Waals surface area contributed by atoms with Gasteiger partial charge in [-0.25, -0.2) is 0 Å². The van der Waals surface area contributed by atoms with Gasteiger partial charge in [-0.1, -0.05) is 18.5 Å². The lowest BCUT2D eigenvalue weighted by Crippen LogP contribution is -1.95. The molecular formula is C11H13ClN2. The monoisotopic (exact) mass is 208 g/mol. The number of nitrogens with zero attached hydrogens (tertiary/aromatic N) is 2. The van der Waals surface area contributed by atoms with Crippen molar-refractivity contribution in [1.82, 2.24) is 9.78 Å². The smallest absolute Gasteiger partial charge is 0.111 e. The summed E-state index contributed by atoms with van der Waals surface area (Å²) in [6.07, 6.45) is 0.979. The van der Waals surface area contributed by atoms with E-state index in [9.17, 15) is 0 Å². The van der Waals surface area contributed by atoms with Crippen molar-refractivity contribution in [3.8, 4) is 0 Å². The van der Waals surface area contributed by atoms with Gasteiger partial charge in [0, 0.05) is 18.1 Å². The second-order valence-electron chi connectivity index (χ2n) is 3.57. The van der Waals surface area contributed by atoms with Crippen LogP contribution in [0.5, 0.6) is 0 Å². The predicted molar refractivity (Wildman–Crippen MR) is 59.8 cm³/mol. The Morgan fingerprint density at radius 1 is 1.43 bits per heavy atom. The largest absolute Gasteiger partial charge is 0.271 e. The number of halogens is 1. The van der Waals surface area contributed by atoms with Crippen LogP contribution < -0.4 is 0 Å². The molecule has 0 aliphatic carbocycles. The zero-order valence-electron chi connectivity index (χ0n) is 8.63. The van der Waals surface area contributed by atoms with Crippen molar-refractivity contribution in [2.75, 3.05) is 0 Å². The zero-order valence-corrected chi connectivity index (χ0v) is 9.39. The molecule has 1 heterocycles. The minimum absolute atomic E-state index is 0.746. The van der Waals surface area contributed by atoms with E-state index in [0.29, 0.717) is 0 Å². The number of aryl methyl sites for hydroxylation is 3. The molecule has 0 amide bonds. The van der Waals surface area contributed by atoms with E-state index in [1.54, 1.807) is 0 Å². The van der Waals surface area contributed by atoms with E-state index in [1.807, 2.05) is 17.8 Å². The second kappa shape index (κ2) is 3.28. The normalized spacial score (nSPS) is 11.1. The quantitative estimate of drug-likeness (QED) is 0.704. The van der Waals surface area contributed by atoms with E-state index in [4.69, 9.17) is 11.6 Å². The van der Waals surface area contributed by atoms with Crippen LogP contribution >= 0.6 is 11.6 Å². The van der Waals surface area contributed by atoms with Crippen LogP contribution in [-0.2, 0) is 13.5 Å². The summed E-state index contributed by atoms with van der Waals surface area (Å²) in [5.74, 6) is 0. The third-order valence-electron chi connectivity index (χ3n) is 2.49. The Labute approximate surface area is 88.5 Å². The fourth-order valence-electron chi connectivity index (χ4n) is 1.86. The number of aromatic nitrogens is 2. The van der Waals surface area contributed by atoms with E-state index in [2.05, 4.69) is 25.0 Å². The molecule has 0 atom stereocenters. The van der Waals surface area contributed by atoms with Crippen LogP contribution in [-0.4, -0.2) is 9.78 Å². The predicted octanol–water partition coefficient (Wildman–Crippen LogP) is 3.10. The summed E-state index contributed by atoms with van der Waals surface area (Å²) < 4.78 is 1.91. The summed E-state index contributed by atoms with van der Waals surface area (Å²) in [5.41, 5.74) is 3.34. The first-order chi connectivity index (χ1) is 6.63. The number of hydrogen-bond acceptors (Lipinski definition) is 1. The maximum Gasteiger partial charge on any atom is 0.111 e. The maximum atomic E-state index is 6.13. The molecule has 0 fully saturated rings. The van der Waals surface area contributed by atoms with Gasteiger partial charge in [-0.15, -0.1) is 0 Å². The molecule has 0 aliphatic heterocycles. The second-order valence-corrected chi connectivity index (χ2v) is 3.97. The Kier molecular flexibility index (Phi) is 2.23. The van der Waals surface area contributed by atoms with Crippen LogP contribution in [0.25, 0.3) is 10.9 Å². The molecule has 0 saturated heterocycles. The van der Waals surface area contributed by atoms with Gasteiger partial charge in [0.15, 0.2) is 0 Å². The van der Waals surface area contributed by atoms with Crippen LogP contribution in [0.15, 0.2) is 12.1 Å². The van der Waals surface area contributed by atoms with Crippen molar-refractivity contribution in [1.29, 1.82) is 0 Å². The van der Waals surface area contributed by atoms with E-state index >= 15 is 0 Å². The topological polar surface area (TPSA) is 17.8 Å². The Morgan fingerprint density at radius 3 is 2.79 bits per heavy atom. The average molecular weight is 209 g/mol. The molecular weight excluding hydrogens is 196 g/mol. The fraction of sp³-hybridized carbons (Fsp3) is 0.364. The Bertz CT molecular complexity index is 485. The Balaban J connectivity index is 2.87. The van der Waals surface area contributed by atoms with E-state index in [1.165, 1.54) is 16.6 Å². The van der Waals surface area contributed by atoms with Crippen LogP contribution in [0.1, 0.15) is 18.2 Å². The Morgan fingerprint density at radius 2 is 2.14 bits per heavy atom. The molecule has 74 valence electrons. The highest BCUT2D eigenvalue weighted by Gasteiger charge is 2.10. The van der Waals surface area contributed by atoms with Crippen LogP contribution in [0.3, 0.4) is 0 Å². The molecule has 0 N–H and O–H groups in total. The summed E-state index contributed by atoms with van der Waals surface area (Å²) in [6, 6.07) is 4.10. The highest BCUT2D eigenvalue weighted by Crippen LogP contribution is 2.26. The standard InChI is InChI=1S/C11H13ClN2/c1-4-10-8-5-7(2)6-9(12)11(8)13-14(10)3/h5-6H,4H2,1-3H3. The summed E-state index contributed by atoms with van der Waals surface area (Å²) >= 11 is 6.13. The first kappa shape index (κ1) is 9.53. The Hall–Kier alpha value is -1.02. The van der Waals surface area contributed by atoms with Crippen molar-refractivity contribution < 1.29 is 0 Å². The number of hydrogen-bond donors (Lipinski definition) is 0. The van der Waals surface area contributed by atoms with Crippen molar-refractivity contribution in [2.45, 2.75) is 20.3 Å². The number of fused-ring (bicyclic) bond motifs is 1. The lowest BCUT2D eigenvalue weighted by atomic mass is 10.1. The molecule has 0 unspecified atom stereocenters. The van der Waals surface area contributed by atoms with Gasteiger partial charge < -0.3 is 0 Å². The van der Waals surface area contributed by atoms with E-state index in [-0.39, 0.29) is 0 Å². The van der Waals surface area contributed by atoms with Crippen LogP contribution in [0.2, 0.25) is 5.02 Å². The first-order valence-corrected chi connectivity index (χ1v) is 5.13. The van der Waals surface area contributed by atoms with Crippen LogP contribution in [0, 0.1) is 6.92 Å². The first-order valence-electron chi connectivity index (χ1n) is 4.75. The summed E-state index contributed by atoms with van der Waals surface area (Å²) in [6.45, 7) is 4.18. The molecule has 1 aromatic heterocycles. The molecule has 0 radical (unpaired) electrons. The average Bonchev–Trinajstić information content (AvgIpc) is 2.41. The third kappa shape index (κ3) is 1.30. The summed E-state index contributed by atoms with van der Waals surface area (Å²) in [4.78, 5) is 0. The molecule has 0 bridgehead atoms. The van der Waals surface area contributed by atoms with Gasteiger partial charge in [0.05, 0.1) is 5.02 Å². The highest BCUT2D eigenvalue weighted by molar-refractivity contribution is 6.35. The van der Waals surface area contributed by atoms with E-state index in [0.717, 1.165) is 17.0 Å². The molecule has 1 aromatic carbocycles. The molecule has 0 saturated carbocycles. The zero-order chi connectivity index (χ0) is 10.3. The van der Waals surface area contributed by atoms with Gasteiger partial charge in [0.1, 0.15) is 5.52 Å². The van der Waals surface area contributed by atoms with Gasteiger partial charge in [-0.05, 0) is 31.0 Å². The highest BCUT2D eigenvalue weighted by atomic mass is 35.5. The van der Waals surface area contributed by atoms with Crippen molar-refractivity contribution in [3.63, 3.8) is 0 Å². The minimum atomic E-state index is 0.746. The SMILES string of the molecule is CCc1c2cc(C)cc(Cl)c2nn1C. The van der Waals surface area contributed by atoms with Gasteiger partial charge in [-0.3, -0.25) is 4.68 Å². The molecule has 3 heteroatoms. The lowest BCUT2D eigenvalue weighted by molar-refractivity contribution is 0.728. The summed E-state index contributed by atoms with van der Waals surface area (Å²) in [5, 5.41) is 6.34. The molecule has 0 spiro atoms. The van der Waals surface area contributed by atoms with Crippen molar-refractivity contribution in [3.05, 3.63) is 28.4 Å². The molecule has 0 aliphatic rings. The van der Waals surface area contributed by atoms with Gasteiger partial charge in [0.25, 0.3) is 0 Å². The fourth-order valence-corrected chi connectivity index (χ4v) is 2.17. The lowest BCUT2D eigenvalue weighted by Gasteiger charge is -1.98.